The highest BCUT2D eigenvalue weighted by Gasteiger charge is 2.23. The number of halogens is 1. The highest BCUT2D eigenvalue weighted by molar-refractivity contribution is 6.30. The number of likely N-dealkylation sites (tertiary alicyclic amines) is 1. The van der Waals surface area contributed by atoms with E-state index in [1.54, 1.807) is 29.2 Å². The topological polar surface area (TPSA) is 53.3 Å². The smallest absolute Gasteiger partial charge is 0.260 e. The van der Waals surface area contributed by atoms with Crippen molar-refractivity contribution in [1.82, 2.24) is 4.90 Å². The summed E-state index contributed by atoms with van der Waals surface area (Å²) in [6.45, 7) is 1.22. The van der Waals surface area contributed by atoms with Crippen LogP contribution in [0.4, 0.5) is 0 Å². The molecule has 1 fully saturated rings. The van der Waals surface area contributed by atoms with Crippen LogP contribution in [0.25, 0.3) is 0 Å². The Balaban J connectivity index is 1.84. The van der Waals surface area contributed by atoms with Crippen LogP contribution >= 0.6 is 11.6 Å². The van der Waals surface area contributed by atoms with Crippen molar-refractivity contribution in [2.24, 2.45) is 5.92 Å². The van der Waals surface area contributed by atoms with Gasteiger partial charge in [-0.25, -0.2) is 0 Å². The standard InChI is InChI=1S/C14H15ClN2O2/c15-12-3-5-13(6-4-12)19-10-14(18)17-7-1-2-11(8-16)9-17/h3-6,11H,1-2,7,9-10H2. The summed E-state index contributed by atoms with van der Waals surface area (Å²) in [5.41, 5.74) is 0. The molecule has 1 aliphatic rings. The van der Waals surface area contributed by atoms with Gasteiger partial charge in [-0.1, -0.05) is 11.6 Å². The summed E-state index contributed by atoms with van der Waals surface area (Å²) < 4.78 is 5.41. The molecule has 0 saturated carbocycles. The molecule has 0 aliphatic carbocycles. The predicted octanol–water partition coefficient (Wildman–Crippen LogP) is 2.48. The first-order chi connectivity index (χ1) is 9.19. The molecule has 100 valence electrons. The van der Waals surface area contributed by atoms with Crippen molar-refractivity contribution in [2.75, 3.05) is 19.7 Å². The fourth-order valence-corrected chi connectivity index (χ4v) is 2.20. The normalized spacial score (nSPS) is 18.7. The van der Waals surface area contributed by atoms with Crippen molar-refractivity contribution in [3.8, 4) is 11.8 Å². The number of nitriles is 1. The maximum absolute atomic E-state index is 12.0. The van der Waals surface area contributed by atoms with Crippen molar-refractivity contribution in [2.45, 2.75) is 12.8 Å². The first-order valence-electron chi connectivity index (χ1n) is 6.25. The molecule has 1 saturated heterocycles. The number of hydrogen-bond acceptors (Lipinski definition) is 3. The van der Waals surface area contributed by atoms with E-state index in [0.717, 1.165) is 12.8 Å². The van der Waals surface area contributed by atoms with Gasteiger partial charge in [-0.3, -0.25) is 4.79 Å². The van der Waals surface area contributed by atoms with E-state index in [1.165, 1.54) is 0 Å². The molecule has 0 N–H and O–H groups in total. The number of rotatable bonds is 3. The van der Waals surface area contributed by atoms with Gasteiger partial charge in [0.1, 0.15) is 5.75 Å². The Labute approximate surface area is 117 Å². The highest BCUT2D eigenvalue weighted by atomic mass is 35.5. The summed E-state index contributed by atoms with van der Waals surface area (Å²) in [7, 11) is 0. The third-order valence-corrected chi connectivity index (χ3v) is 3.38. The molecule has 19 heavy (non-hydrogen) atoms. The zero-order chi connectivity index (χ0) is 13.7. The van der Waals surface area contributed by atoms with Gasteiger partial charge in [-0.2, -0.15) is 5.26 Å². The van der Waals surface area contributed by atoms with E-state index in [9.17, 15) is 4.79 Å². The summed E-state index contributed by atoms with van der Waals surface area (Å²) in [6, 6.07) is 9.10. The lowest BCUT2D eigenvalue weighted by Crippen LogP contribution is -2.41. The fourth-order valence-electron chi connectivity index (χ4n) is 2.08. The van der Waals surface area contributed by atoms with Gasteiger partial charge in [-0.15, -0.1) is 0 Å². The Kier molecular flexibility index (Phi) is 4.64. The number of ether oxygens (including phenoxy) is 1. The molecule has 1 aliphatic heterocycles. The Morgan fingerprint density at radius 2 is 2.21 bits per heavy atom. The third-order valence-electron chi connectivity index (χ3n) is 3.13. The van der Waals surface area contributed by atoms with E-state index < -0.39 is 0 Å². The van der Waals surface area contributed by atoms with Crippen LogP contribution < -0.4 is 4.74 Å². The van der Waals surface area contributed by atoms with Crippen molar-refractivity contribution in [3.63, 3.8) is 0 Å². The number of amides is 1. The molecule has 1 atom stereocenters. The average molecular weight is 279 g/mol. The third kappa shape index (κ3) is 3.87. The van der Waals surface area contributed by atoms with E-state index >= 15 is 0 Å². The molecule has 0 radical (unpaired) electrons. The summed E-state index contributed by atoms with van der Waals surface area (Å²) in [4.78, 5) is 13.7. The van der Waals surface area contributed by atoms with Gasteiger partial charge in [-0.05, 0) is 37.1 Å². The summed E-state index contributed by atoms with van der Waals surface area (Å²) >= 11 is 5.77. The van der Waals surface area contributed by atoms with Crippen LogP contribution in [-0.4, -0.2) is 30.5 Å². The van der Waals surface area contributed by atoms with Gasteiger partial charge < -0.3 is 9.64 Å². The van der Waals surface area contributed by atoms with Crippen molar-refractivity contribution >= 4 is 17.5 Å². The second kappa shape index (κ2) is 6.44. The monoisotopic (exact) mass is 278 g/mol. The SMILES string of the molecule is N#CC1CCCN(C(=O)COc2ccc(Cl)cc2)C1. The summed E-state index contributed by atoms with van der Waals surface area (Å²) in [5, 5.41) is 9.52. The second-order valence-corrected chi connectivity index (χ2v) is 4.99. The second-order valence-electron chi connectivity index (χ2n) is 4.55. The molecule has 1 amide bonds. The quantitative estimate of drug-likeness (QED) is 0.853. The maximum Gasteiger partial charge on any atom is 0.260 e. The first kappa shape index (κ1) is 13.7. The van der Waals surface area contributed by atoms with E-state index in [2.05, 4.69) is 6.07 Å². The van der Waals surface area contributed by atoms with Crippen LogP contribution in [0.1, 0.15) is 12.8 Å². The predicted molar refractivity (Wildman–Crippen MR) is 71.9 cm³/mol. The van der Waals surface area contributed by atoms with Crippen LogP contribution in [-0.2, 0) is 4.79 Å². The summed E-state index contributed by atoms with van der Waals surface area (Å²) in [6.07, 6.45) is 1.75. The average Bonchev–Trinajstić information content (AvgIpc) is 2.46. The fraction of sp³-hybridized carbons (Fsp3) is 0.429. The summed E-state index contributed by atoms with van der Waals surface area (Å²) in [5.74, 6) is 0.495. The molecular formula is C14H15ClN2O2. The van der Waals surface area contributed by atoms with Gasteiger partial charge in [0, 0.05) is 18.1 Å². The van der Waals surface area contributed by atoms with Gasteiger partial charge in [0.2, 0.25) is 0 Å². The largest absolute Gasteiger partial charge is 0.484 e. The molecule has 4 nitrogen and oxygen atoms in total. The van der Waals surface area contributed by atoms with E-state index in [1.807, 2.05) is 0 Å². The Bertz CT molecular complexity index is 481. The molecule has 5 heteroatoms. The zero-order valence-electron chi connectivity index (χ0n) is 10.5. The lowest BCUT2D eigenvalue weighted by molar-refractivity contribution is -0.134. The number of piperidine rings is 1. The van der Waals surface area contributed by atoms with Crippen LogP contribution in [0.3, 0.4) is 0 Å². The molecule has 1 heterocycles. The minimum atomic E-state index is -0.0742. The van der Waals surface area contributed by atoms with Crippen molar-refractivity contribution < 1.29 is 9.53 Å². The number of benzene rings is 1. The van der Waals surface area contributed by atoms with Gasteiger partial charge >= 0.3 is 0 Å². The molecule has 1 aromatic carbocycles. The zero-order valence-corrected chi connectivity index (χ0v) is 11.3. The number of hydrogen-bond donors (Lipinski definition) is 0. The van der Waals surface area contributed by atoms with Crippen molar-refractivity contribution in [3.05, 3.63) is 29.3 Å². The van der Waals surface area contributed by atoms with Crippen LogP contribution in [0.15, 0.2) is 24.3 Å². The van der Waals surface area contributed by atoms with Crippen LogP contribution in [0.5, 0.6) is 5.75 Å². The Morgan fingerprint density at radius 1 is 1.47 bits per heavy atom. The minimum absolute atomic E-state index is 0.000217. The van der Waals surface area contributed by atoms with Crippen molar-refractivity contribution in [1.29, 1.82) is 5.26 Å². The minimum Gasteiger partial charge on any atom is -0.484 e. The van der Waals surface area contributed by atoms with E-state index in [-0.39, 0.29) is 18.4 Å². The maximum atomic E-state index is 12.0. The molecule has 1 unspecified atom stereocenters. The molecular weight excluding hydrogens is 264 g/mol. The molecule has 0 spiro atoms. The van der Waals surface area contributed by atoms with Gasteiger partial charge in [0.15, 0.2) is 6.61 Å². The first-order valence-corrected chi connectivity index (χ1v) is 6.62. The number of carbonyl (C=O) groups excluding carboxylic acids is 1. The van der Waals surface area contributed by atoms with E-state index in [4.69, 9.17) is 21.6 Å². The molecule has 1 aromatic rings. The number of nitrogens with zero attached hydrogens (tertiary/aromatic N) is 2. The van der Waals surface area contributed by atoms with E-state index in [0.29, 0.717) is 23.9 Å². The highest BCUT2D eigenvalue weighted by Crippen LogP contribution is 2.17. The van der Waals surface area contributed by atoms with Gasteiger partial charge in [0.25, 0.3) is 5.91 Å². The molecule has 0 aromatic heterocycles. The Morgan fingerprint density at radius 3 is 2.89 bits per heavy atom. The van der Waals surface area contributed by atoms with Crippen LogP contribution in [0.2, 0.25) is 5.02 Å². The lowest BCUT2D eigenvalue weighted by atomic mass is 10.00. The van der Waals surface area contributed by atoms with Gasteiger partial charge in [0.05, 0.1) is 12.0 Å². The van der Waals surface area contributed by atoms with Crippen LogP contribution in [0, 0.1) is 17.2 Å². The number of carbonyl (C=O) groups is 1. The lowest BCUT2D eigenvalue weighted by Gasteiger charge is -2.29. The molecule has 2 rings (SSSR count). The Hall–Kier alpha value is -1.73. The molecule has 0 bridgehead atoms.